The van der Waals surface area contributed by atoms with E-state index in [4.69, 9.17) is 20.4 Å². The molecule has 68 valence electrons. The van der Waals surface area contributed by atoms with Crippen LogP contribution in [0.2, 0.25) is 0 Å². The highest BCUT2D eigenvalue weighted by Crippen LogP contribution is 2.22. The van der Waals surface area contributed by atoms with E-state index in [-0.39, 0.29) is 6.42 Å². The molecule has 5 nitrogen and oxygen atoms in total. The van der Waals surface area contributed by atoms with Gasteiger partial charge in [-0.2, -0.15) is 0 Å². The van der Waals surface area contributed by atoms with Gasteiger partial charge < -0.3 is 20.4 Å². The van der Waals surface area contributed by atoms with Gasteiger partial charge in [0, 0.05) is 0 Å². The molecule has 0 saturated carbocycles. The third-order valence-electron chi connectivity index (χ3n) is 1.85. The Morgan fingerprint density at radius 2 is 2.08 bits per heavy atom. The molecule has 0 heterocycles. The summed E-state index contributed by atoms with van der Waals surface area (Å²) < 4.78 is 0. The van der Waals surface area contributed by atoms with Crippen LogP contribution in [0.3, 0.4) is 0 Å². The van der Waals surface area contributed by atoms with Gasteiger partial charge in [0.15, 0.2) is 0 Å². The second kappa shape index (κ2) is 3.12. The van der Waals surface area contributed by atoms with Gasteiger partial charge in [0.05, 0.1) is 12.0 Å². The lowest BCUT2D eigenvalue weighted by Crippen LogP contribution is -2.36. The van der Waals surface area contributed by atoms with Crippen LogP contribution in [0.4, 0.5) is 0 Å². The summed E-state index contributed by atoms with van der Waals surface area (Å²) in [5, 5.41) is 35.5. The molecule has 0 aromatic rings. The van der Waals surface area contributed by atoms with E-state index >= 15 is 0 Å². The number of rotatable bonds is 1. The van der Waals surface area contributed by atoms with Crippen LogP contribution >= 0.6 is 0 Å². The normalized spacial score (nSPS) is 35.8. The van der Waals surface area contributed by atoms with Gasteiger partial charge in [-0.05, 0) is 12.5 Å². The summed E-state index contributed by atoms with van der Waals surface area (Å²) in [4.78, 5) is 10.4. The largest absolute Gasteiger partial charge is 0.510 e. The van der Waals surface area contributed by atoms with Crippen LogP contribution in [0.5, 0.6) is 0 Å². The summed E-state index contributed by atoms with van der Waals surface area (Å²) in [7, 11) is 0. The molecule has 1 aliphatic carbocycles. The van der Waals surface area contributed by atoms with E-state index in [1.807, 2.05) is 0 Å². The van der Waals surface area contributed by atoms with E-state index in [1.54, 1.807) is 0 Å². The second-order valence-electron chi connectivity index (χ2n) is 2.78. The van der Waals surface area contributed by atoms with Gasteiger partial charge in [-0.3, -0.25) is 4.79 Å². The van der Waals surface area contributed by atoms with Gasteiger partial charge in [-0.1, -0.05) is 0 Å². The van der Waals surface area contributed by atoms with Crippen molar-refractivity contribution in [3.8, 4) is 0 Å². The van der Waals surface area contributed by atoms with E-state index in [2.05, 4.69) is 0 Å². The highest BCUT2D eigenvalue weighted by atomic mass is 16.4. The van der Waals surface area contributed by atoms with Crippen LogP contribution in [0, 0.1) is 5.92 Å². The van der Waals surface area contributed by atoms with Crippen molar-refractivity contribution in [3.63, 3.8) is 0 Å². The number of carbonyl (C=O) groups is 1. The van der Waals surface area contributed by atoms with Gasteiger partial charge in [0.25, 0.3) is 0 Å². The summed E-state index contributed by atoms with van der Waals surface area (Å²) >= 11 is 0. The molecule has 0 unspecified atom stereocenters. The van der Waals surface area contributed by atoms with Gasteiger partial charge in [0.2, 0.25) is 0 Å². The first-order valence-corrected chi connectivity index (χ1v) is 3.52. The molecule has 5 heteroatoms. The molecule has 0 aromatic heterocycles. The number of hydrogen-bond acceptors (Lipinski definition) is 4. The number of aliphatic hydroxyl groups is 3. The highest BCUT2D eigenvalue weighted by Gasteiger charge is 2.32. The molecule has 0 aliphatic heterocycles. The number of carboxylic acid groups (broad SMARTS) is 1. The Morgan fingerprint density at radius 1 is 1.50 bits per heavy atom. The molecular weight excluding hydrogens is 164 g/mol. The zero-order valence-electron chi connectivity index (χ0n) is 6.21. The van der Waals surface area contributed by atoms with Crippen molar-refractivity contribution >= 4 is 5.97 Å². The van der Waals surface area contributed by atoms with E-state index in [0.29, 0.717) is 0 Å². The van der Waals surface area contributed by atoms with Crippen molar-refractivity contribution in [3.05, 3.63) is 11.8 Å². The van der Waals surface area contributed by atoms with Crippen LogP contribution < -0.4 is 0 Å². The standard InChI is InChI=1S/C7H10O5/c8-4-1-3(7(11)12)2-5(9)6(4)10/h1,3,5-6,8-10H,2H2,(H,11,12)/t3-,5-,6-/m1/s1. The number of carboxylic acids is 1. The molecule has 0 fully saturated rings. The van der Waals surface area contributed by atoms with E-state index in [9.17, 15) is 4.79 Å². The maximum absolute atomic E-state index is 10.4. The average Bonchev–Trinajstić information content (AvgIpc) is 1.99. The zero-order chi connectivity index (χ0) is 9.30. The smallest absolute Gasteiger partial charge is 0.310 e. The Morgan fingerprint density at radius 3 is 2.50 bits per heavy atom. The van der Waals surface area contributed by atoms with Crippen molar-refractivity contribution in [2.45, 2.75) is 18.6 Å². The third kappa shape index (κ3) is 1.57. The minimum atomic E-state index is -1.35. The van der Waals surface area contributed by atoms with E-state index in [0.717, 1.165) is 6.08 Å². The molecular formula is C7H10O5. The monoisotopic (exact) mass is 174 g/mol. The molecule has 0 aromatic carbocycles. The first kappa shape index (κ1) is 9.02. The molecule has 0 radical (unpaired) electrons. The van der Waals surface area contributed by atoms with Crippen LogP contribution in [0.1, 0.15) is 6.42 Å². The molecule has 0 spiro atoms. The van der Waals surface area contributed by atoms with E-state index < -0.39 is 29.9 Å². The van der Waals surface area contributed by atoms with Crippen molar-refractivity contribution in [2.75, 3.05) is 0 Å². The quantitative estimate of drug-likeness (QED) is 0.419. The highest BCUT2D eigenvalue weighted by molar-refractivity contribution is 5.72. The maximum Gasteiger partial charge on any atom is 0.310 e. The summed E-state index contributed by atoms with van der Waals surface area (Å²) in [6.07, 6.45) is -1.57. The van der Waals surface area contributed by atoms with Crippen molar-refractivity contribution < 1.29 is 25.2 Å². The van der Waals surface area contributed by atoms with Crippen LogP contribution in [0.25, 0.3) is 0 Å². The van der Waals surface area contributed by atoms with Gasteiger partial charge in [-0.15, -0.1) is 0 Å². The number of hydrogen-bond donors (Lipinski definition) is 4. The number of aliphatic carboxylic acids is 1. The molecule has 3 atom stereocenters. The molecule has 1 rings (SSSR count). The molecule has 0 bridgehead atoms. The number of aliphatic hydroxyl groups excluding tert-OH is 3. The van der Waals surface area contributed by atoms with Gasteiger partial charge in [0.1, 0.15) is 11.9 Å². The average molecular weight is 174 g/mol. The fraction of sp³-hybridized carbons (Fsp3) is 0.571. The Labute approximate surface area is 68.6 Å². The molecule has 0 amide bonds. The Balaban J connectivity index is 2.80. The van der Waals surface area contributed by atoms with Crippen LogP contribution in [-0.2, 0) is 4.79 Å². The first-order valence-electron chi connectivity index (χ1n) is 3.52. The van der Waals surface area contributed by atoms with Crippen LogP contribution in [0.15, 0.2) is 11.8 Å². The van der Waals surface area contributed by atoms with Gasteiger partial charge >= 0.3 is 5.97 Å². The van der Waals surface area contributed by atoms with Gasteiger partial charge in [-0.25, -0.2) is 0 Å². The Bertz CT molecular complexity index is 222. The summed E-state index contributed by atoms with van der Waals surface area (Å²) in [5.74, 6) is -2.50. The summed E-state index contributed by atoms with van der Waals surface area (Å²) in [6.45, 7) is 0. The molecule has 4 N–H and O–H groups in total. The Hall–Kier alpha value is -1.07. The van der Waals surface area contributed by atoms with Crippen LogP contribution in [-0.4, -0.2) is 38.6 Å². The maximum atomic E-state index is 10.4. The lowest BCUT2D eigenvalue weighted by molar-refractivity contribution is -0.142. The summed E-state index contributed by atoms with van der Waals surface area (Å²) in [6, 6.07) is 0. The predicted molar refractivity (Wildman–Crippen MR) is 38.5 cm³/mol. The fourth-order valence-electron chi connectivity index (χ4n) is 1.13. The minimum Gasteiger partial charge on any atom is -0.510 e. The molecule has 0 saturated heterocycles. The molecule has 12 heavy (non-hydrogen) atoms. The van der Waals surface area contributed by atoms with Crippen molar-refractivity contribution in [1.82, 2.24) is 0 Å². The predicted octanol–water partition coefficient (Wildman–Crippen LogP) is -0.745. The van der Waals surface area contributed by atoms with Crippen molar-refractivity contribution in [2.24, 2.45) is 5.92 Å². The summed E-state index contributed by atoms with van der Waals surface area (Å²) in [5.41, 5.74) is 0. The lowest BCUT2D eigenvalue weighted by Gasteiger charge is -2.24. The molecule has 1 aliphatic rings. The fourth-order valence-corrected chi connectivity index (χ4v) is 1.13. The SMILES string of the molecule is O=C(O)[C@@H]1C=C(O)[C@@H](O)[C@H](O)C1. The lowest BCUT2D eigenvalue weighted by atomic mass is 9.91. The zero-order valence-corrected chi connectivity index (χ0v) is 6.21. The second-order valence-corrected chi connectivity index (χ2v) is 2.78. The first-order chi connectivity index (χ1) is 5.52. The minimum absolute atomic E-state index is 0.0689. The van der Waals surface area contributed by atoms with Crippen molar-refractivity contribution in [1.29, 1.82) is 0 Å². The Kier molecular flexibility index (Phi) is 2.35. The topological polar surface area (TPSA) is 98.0 Å². The van der Waals surface area contributed by atoms with E-state index in [1.165, 1.54) is 0 Å². The third-order valence-corrected chi connectivity index (χ3v) is 1.85.